The van der Waals surface area contributed by atoms with Gasteiger partial charge in [0.25, 0.3) is 0 Å². The van der Waals surface area contributed by atoms with Gasteiger partial charge in [0.05, 0.1) is 0 Å². The fourth-order valence-corrected chi connectivity index (χ4v) is 3.09. The lowest BCUT2D eigenvalue weighted by atomic mass is 9.80. The summed E-state index contributed by atoms with van der Waals surface area (Å²) in [4.78, 5) is 2.54. The molecule has 0 spiro atoms. The summed E-state index contributed by atoms with van der Waals surface area (Å²) in [6, 6.07) is 8.94. The van der Waals surface area contributed by atoms with E-state index >= 15 is 0 Å². The Kier molecular flexibility index (Phi) is 4.87. The zero-order valence-corrected chi connectivity index (χ0v) is 13.5. The van der Waals surface area contributed by atoms with Crippen LogP contribution in [-0.4, -0.2) is 24.5 Å². The van der Waals surface area contributed by atoms with E-state index in [1.807, 2.05) is 0 Å². The average Bonchev–Trinajstić information content (AvgIpc) is 2.87. The summed E-state index contributed by atoms with van der Waals surface area (Å²) in [7, 11) is 0. The van der Waals surface area contributed by atoms with Crippen LogP contribution in [0, 0.1) is 11.3 Å². The Labute approximate surface area is 124 Å². The van der Waals surface area contributed by atoms with E-state index in [9.17, 15) is 0 Å². The highest BCUT2D eigenvalue weighted by atomic mass is 15.2. The molecule has 1 saturated heterocycles. The summed E-state index contributed by atoms with van der Waals surface area (Å²) >= 11 is 0. The van der Waals surface area contributed by atoms with Crippen molar-refractivity contribution in [3.63, 3.8) is 0 Å². The zero-order chi connectivity index (χ0) is 14.8. The van der Waals surface area contributed by atoms with E-state index in [4.69, 9.17) is 5.73 Å². The molecular weight excluding hydrogens is 244 g/mol. The number of rotatable bonds is 4. The molecule has 2 unspecified atom stereocenters. The third-order valence-corrected chi connectivity index (χ3v) is 4.77. The minimum atomic E-state index is 0.139. The van der Waals surface area contributed by atoms with Crippen molar-refractivity contribution in [2.24, 2.45) is 17.1 Å². The largest absolute Gasteiger partial charge is 0.323 e. The van der Waals surface area contributed by atoms with Crippen molar-refractivity contribution in [3.05, 3.63) is 35.4 Å². The maximum absolute atomic E-state index is 6.38. The van der Waals surface area contributed by atoms with Crippen LogP contribution < -0.4 is 5.73 Å². The average molecular weight is 274 g/mol. The highest BCUT2D eigenvalue weighted by Gasteiger charge is 2.32. The van der Waals surface area contributed by atoms with Crippen molar-refractivity contribution in [2.45, 2.75) is 46.6 Å². The first-order valence-corrected chi connectivity index (χ1v) is 7.97. The van der Waals surface area contributed by atoms with Gasteiger partial charge < -0.3 is 10.6 Å². The molecule has 1 fully saturated rings. The molecule has 0 saturated carbocycles. The van der Waals surface area contributed by atoms with Crippen LogP contribution in [0.4, 0.5) is 0 Å². The second-order valence-corrected chi connectivity index (χ2v) is 7.31. The van der Waals surface area contributed by atoms with Crippen molar-refractivity contribution >= 4 is 0 Å². The molecule has 0 aliphatic carbocycles. The second kappa shape index (κ2) is 6.28. The van der Waals surface area contributed by atoms with Crippen molar-refractivity contribution < 1.29 is 0 Å². The molecule has 1 aliphatic rings. The van der Waals surface area contributed by atoms with Crippen LogP contribution in [0.15, 0.2) is 24.3 Å². The summed E-state index contributed by atoms with van der Waals surface area (Å²) in [5, 5.41) is 0. The summed E-state index contributed by atoms with van der Waals surface area (Å²) < 4.78 is 0. The Hall–Kier alpha value is -0.860. The van der Waals surface area contributed by atoms with Crippen molar-refractivity contribution in [1.82, 2.24) is 4.90 Å². The fourth-order valence-electron chi connectivity index (χ4n) is 3.09. The van der Waals surface area contributed by atoms with Crippen LogP contribution in [-0.2, 0) is 6.42 Å². The van der Waals surface area contributed by atoms with E-state index in [-0.39, 0.29) is 6.04 Å². The second-order valence-electron chi connectivity index (χ2n) is 7.31. The standard InChI is InChI=1S/C18H30N2/c1-5-14-6-8-15(9-7-14)17(19)13-20-11-10-16(12-20)18(2,3)4/h6-9,16-17H,5,10-13,19H2,1-4H3. The summed E-state index contributed by atoms with van der Waals surface area (Å²) in [5.41, 5.74) is 9.45. The van der Waals surface area contributed by atoms with Gasteiger partial charge in [0.15, 0.2) is 0 Å². The summed E-state index contributed by atoms with van der Waals surface area (Å²) in [6.45, 7) is 12.6. The lowest BCUT2D eigenvalue weighted by molar-refractivity contribution is 0.224. The van der Waals surface area contributed by atoms with Crippen LogP contribution in [0.25, 0.3) is 0 Å². The van der Waals surface area contributed by atoms with Crippen LogP contribution in [0.3, 0.4) is 0 Å². The smallest absolute Gasteiger partial charge is 0.0424 e. The van der Waals surface area contributed by atoms with Gasteiger partial charge in [0.2, 0.25) is 0 Å². The SMILES string of the molecule is CCc1ccc(C(N)CN2CCC(C(C)(C)C)C2)cc1. The Bertz CT molecular complexity index is 416. The molecule has 1 aromatic rings. The molecule has 2 rings (SSSR count). The van der Waals surface area contributed by atoms with Gasteiger partial charge in [0, 0.05) is 19.1 Å². The number of aryl methyl sites for hydroxylation is 1. The molecule has 0 amide bonds. The van der Waals surface area contributed by atoms with E-state index < -0.39 is 0 Å². The van der Waals surface area contributed by atoms with Crippen LogP contribution in [0.5, 0.6) is 0 Å². The van der Waals surface area contributed by atoms with Gasteiger partial charge in [-0.25, -0.2) is 0 Å². The fraction of sp³-hybridized carbons (Fsp3) is 0.667. The Morgan fingerprint density at radius 1 is 1.25 bits per heavy atom. The number of benzene rings is 1. The highest BCUT2D eigenvalue weighted by molar-refractivity contribution is 5.25. The maximum atomic E-state index is 6.38. The van der Waals surface area contributed by atoms with E-state index in [2.05, 4.69) is 56.9 Å². The highest BCUT2D eigenvalue weighted by Crippen LogP contribution is 2.34. The quantitative estimate of drug-likeness (QED) is 0.908. The number of nitrogens with two attached hydrogens (primary N) is 1. The Morgan fingerprint density at radius 3 is 2.40 bits per heavy atom. The first-order valence-electron chi connectivity index (χ1n) is 7.97. The van der Waals surface area contributed by atoms with Gasteiger partial charge >= 0.3 is 0 Å². The Morgan fingerprint density at radius 2 is 1.90 bits per heavy atom. The van der Waals surface area contributed by atoms with E-state index in [1.165, 1.54) is 30.6 Å². The maximum Gasteiger partial charge on any atom is 0.0424 e. The van der Waals surface area contributed by atoms with Crippen molar-refractivity contribution in [1.29, 1.82) is 0 Å². The van der Waals surface area contributed by atoms with E-state index in [0.29, 0.717) is 5.41 Å². The van der Waals surface area contributed by atoms with Crippen molar-refractivity contribution in [2.75, 3.05) is 19.6 Å². The van der Waals surface area contributed by atoms with Gasteiger partial charge in [-0.1, -0.05) is 52.0 Å². The molecule has 1 aromatic carbocycles. The topological polar surface area (TPSA) is 29.3 Å². The van der Waals surface area contributed by atoms with Gasteiger partial charge in [-0.2, -0.15) is 0 Å². The molecule has 0 aromatic heterocycles. The molecular formula is C18H30N2. The predicted octanol–water partition coefficient (Wildman–Crippen LogP) is 3.62. The van der Waals surface area contributed by atoms with Crippen LogP contribution >= 0.6 is 0 Å². The lowest BCUT2D eigenvalue weighted by Crippen LogP contribution is -2.32. The zero-order valence-electron chi connectivity index (χ0n) is 13.5. The number of hydrogen-bond donors (Lipinski definition) is 1. The van der Waals surface area contributed by atoms with Gasteiger partial charge in [-0.05, 0) is 41.8 Å². The summed E-state index contributed by atoms with van der Waals surface area (Å²) in [5.74, 6) is 0.803. The molecule has 0 radical (unpaired) electrons. The van der Waals surface area contributed by atoms with Crippen LogP contribution in [0.2, 0.25) is 0 Å². The van der Waals surface area contributed by atoms with Gasteiger partial charge in [-0.3, -0.25) is 0 Å². The van der Waals surface area contributed by atoms with Crippen LogP contribution in [0.1, 0.15) is 51.3 Å². The lowest BCUT2D eigenvalue weighted by Gasteiger charge is -2.28. The first kappa shape index (κ1) is 15.5. The van der Waals surface area contributed by atoms with E-state index in [1.54, 1.807) is 0 Å². The third-order valence-electron chi connectivity index (χ3n) is 4.77. The monoisotopic (exact) mass is 274 g/mol. The molecule has 2 nitrogen and oxygen atoms in total. The number of hydrogen-bond acceptors (Lipinski definition) is 2. The minimum Gasteiger partial charge on any atom is -0.323 e. The molecule has 2 atom stereocenters. The molecule has 2 N–H and O–H groups in total. The Balaban J connectivity index is 1.90. The predicted molar refractivity (Wildman–Crippen MR) is 86.8 cm³/mol. The summed E-state index contributed by atoms with van der Waals surface area (Å²) in [6.07, 6.45) is 2.40. The first-order chi connectivity index (χ1) is 9.40. The van der Waals surface area contributed by atoms with Gasteiger partial charge in [-0.15, -0.1) is 0 Å². The molecule has 1 aliphatic heterocycles. The molecule has 112 valence electrons. The molecule has 1 heterocycles. The molecule has 20 heavy (non-hydrogen) atoms. The number of nitrogens with zero attached hydrogens (tertiary/aromatic N) is 1. The normalized spacial score (nSPS) is 22.1. The minimum absolute atomic E-state index is 0.139. The van der Waals surface area contributed by atoms with Gasteiger partial charge in [0.1, 0.15) is 0 Å². The third kappa shape index (κ3) is 3.83. The van der Waals surface area contributed by atoms with E-state index in [0.717, 1.165) is 18.9 Å². The van der Waals surface area contributed by atoms with Crippen molar-refractivity contribution in [3.8, 4) is 0 Å². The molecule has 0 bridgehead atoms. The number of likely N-dealkylation sites (tertiary alicyclic amines) is 1. The molecule has 2 heteroatoms.